The lowest BCUT2D eigenvalue weighted by Gasteiger charge is -2.18. The van der Waals surface area contributed by atoms with Crippen molar-refractivity contribution in [2.45, 2.75) is 0 Å². The van der Waals surface area contributed by atoms with Gasteiger partial charge in [-0.25, -0.2) is 5.21 Å². The van der Waals surface area contributed by atoms with Gasteiger partial charge >= 0.3 is 0 Å². The van der Waals surface area contributed by atoms with Crippen LogP contribution >= 0.6 is 24.0 Å². The van der Waals surface area contributed by atoms with E-state index in [1.165, 1.54) is 0 Å². The molecule has 0 spiro atoms. The van der Waals surface area contributed by atoms with Gasteiger partial charge in [-0.05, 0) is 18.2 Å². The SMILES string of the molecule is CN(C)c1ccc(/C=C2\SC(=S)NC2=O)c([NH+]([O-])O)c1. The average molecular weight is 311 g/mol. The number of thiocarbonyl (C=S) groups is 1. The summed E-state index contributed by atoms with van der Waals surface area (Å²) in [6, 6.07) is 5.06. The van der Waals surface area contributed by atoms with Gasteiger partial charge in [0.25, 0.3) is 5.91 Å². The molecule has 20 heavy (non-hydrogen) atoms. The Morgan fingerprint density at radius 1 is 1.50 bits per heavy atom. The molecule has 1 aliphatic rings. The fourth-order valence-electron chi connectivity index (χ4n) is 1.70. The highest BCUT2D eigenvalue weighted by atomic mass is 32.2. The van der Waals surface area contributed by atoms with Crippen LogP contribution in [0.1, 0.15) is 5.56 Å². The molecule has 8 heteroatoms. The van der Waals surface area contributed by atoms with Crippen molar-refractivity contribution < 1.29 is 15.2 Å². The molecule has 2 rings (SSSR count). The summed E-state index contributed by atoms with van der Waals surface area (Å²) in [4.78, 5) is 13.8. The number of thioether (sulfide) groups is 1. The van der Waals surface area contributed by atoms with Crippen LogP contribution in [0.15, 0.2) is 23.1 Å². The Morgan fingerprint density at radius 3 is 2.70 bits per heavy atom. The molecule has 1 amide bonds. The van der Waals surface area contributed by atoms with Gasteiger partial charge < -0.3 is 15.4 Å². The Hall–Kier alpha value is -1.45. The maximum Gasteiger partial charge on any atom is 0.263 e. The first-order valence-corrected chi connectivity index (χ1v) is 6.90. The summed E-state index contributed by atoms with van der Waals surface area (Å²) in [6.45, 7) is 0. The number of carbonyl (C=O) groups excluding carboxylic acids is 1. The minimum atomic E-state index is -1.04. The highest BCUT2D eigenvalue weighted by Crippen LogP contribution is 2.28. The van der Waals surface area contributed by atoms with Crippen LogP contribution in [0.3, 0.4) is 0 Å². The molecule has 0 radical (unpaired) electrons. The lowest BCUT2D eigenvalue weighted by molar-refractivity contribution is -0.991. The van der Waals surface area contributed by atoms with Crippen molar-refractivity contribution in [1.82, 2.24) is 5.32 Å². The summed E-state index contributed by atoms with van der Waals surface area (Å²) in [5.74, 6) is -0.298. The van der Waals surface area contributed by atoms with Crippen LogP contribution in [0.5, 0.6) is 0 Å². The maximum atomic E-state index is 11.6. The van der Waals surface area contributed by atoms with E-state index in [2.05, 4.69) is 5.32 Å². The number of quaternary nitrogens is 1. The van der Waals surface area contributed by atoms with Gasteiger partial charge in [0, 0.05) is 31.4 Å². The molecule has 1 saturated heterocycles. The molecule has 0 saturated carbocycles. The zero-order valence-electron chi connectivity index (χ0n) is 10.8. The van der Waals surface area contributed by atoms with E-state index in [1.807, 2.05) is 19.0 Å². The Labute approximate surface area is 125 Å². The van der Waals surface area contributed by atoms with Gasteiger partial charge in [-0.1, -0.05) is 24.0 Å². The number of nitrogens with zero attached hydrogens (tertiary/aromatic N) is 1. The second kappa shape index (κ2) is 5.90. The van der Waals surface area contributed by atoms with Gasteiger partial charge in [0.05, 0.1) is 4.91 Å². The zero-order chi connectivity index (χ0) is 14.9. The third-order valence-corrected chi connectivity index (χ3v) is 3.87. The molecule has 1 aromatic carbocycles. The molecular weight excluding hydrogens is 298 g/mol. The zero-order valence-corrected chi connectivity index (χ0v) is 12.5. The van der Waals surface area contributed by atoms with Gasteiger partial charge in [-0.2, -0.15) is 5.23 Å². The number of hydrogen-bond donors (Lipinski definition) is 3. The normalized spacial score (nSPS) is 18.3. The predicted octanol–water partition coefficient (Wildman–Crippen LogP) is 0.645. The van der Waals surface area contributed by atoms with Crippen molar-refractivity contribution in [2.24, 2.45) is 0 Å². The monoisotopic (exact) mass is 311 g/mol. The maximum absolute atomic E-state index is 11.6. The van der Waals surface area contributed by atoms with E-state index in [-0.39, 0.29) is 11.6 Å². The number of anilines is 1. The van der Waals surface area contributed by atoms with Crippen LogP contribution in [0.2, 0.25) is 0 Å². The molecule has 0 aromatic heterocycles. The minimum absolute atomic E-state index is 0.148. The molecular formula is C12H13N3O3S2. The van der Waals surface area contributed by atoms with Crippen molar-refractivity contribution in [1.29, 1.82) is 0 Å². The van der Waals surface area contributed by atoms with Gasteiger partial charge in [0.2, 0.25) is 0 Å². The van der Waals surface area contributed by atoms with E-state index < -0.39 is 5.23 Å². The van der Waals surface area contributed by atoms with Crippen LogP contribution in [0, 0.1) is 5.21 Å². The number of amides is 1. The number of rotatable bonds is 3. The van der Waals surface area contributed by atoms with Crippen molar-refractivity contribution >= 4 is 51.7 Å². The number of hydrogen-bond acceptors (Lipinski definition) is 6. The number of carbonyl (C=O) groups is 1. The summed E-state index contributed by atoms with van der Waals surface area (Å²) >= 11 is 6.02. The first-order chi connectivity index (χ1) is 9.38. The smallest absolute Gasteiger partial charge is 0.263 e. The van der Waals surface area contributed by atoms with E-state index >= 15 is 0 Å². The fourth-order valence-corrected chi connectivity index (χ4v) is 2.73. The average Bonchev–Trinajstić information content (AvgIpc) is 2.67. The van der Waals surface area contributed by atoms with Gasteiger partial charge in [-0.3, -0.25) is 4.79 Å². The van der Waals surface area contributed by atoms with E-state index in [4.69, 9.17) is 12.2 Å². The molecule has 106 valence electrons. The van der Waals surface area contributed by atoms with Crippen molar-refractivity contribution in [3.63, 3.8) is 0 Å². The fraction of sp³-hybridized carbons (Fsp3) is 0.167. The first kappa shape index (κ1) is 14.9. The van der Waals surface area contributed by atoms with Crippen LogP contribution in [0.25, 0.3) is 6.08 Å². The molecule has 1 fully saturated rings. The molecule has 1 atom stereocenters. The third-order valence-electron chi connectivity index (χ3n) is 2.71. The second-order valence-electron chi connectivity index (χ2n) is 4.32. The standard InChI is InChI=1S/C12H13N3O3S2/c1-14(2)8-4-3-7(9(6-8)15(17)18)5-10-11(16)13-12(19)20-10/h3-6,15,17H,1-2H3,(H,13,16,19)/b10-5-. The van der Waals surface area contributed by atoms with E-state index in [0.29, 0.717) is 14.8 Å². The van der Waals surface area contributed by atoms with E-state index in [9.17, 15) is 15.2 Å². The summed E-state index contributed by atoms with van der Waals surface area (Å²) in [6.07, 6.45) is 1.54. The predicted molar refractivity (Wildman–Crippen MR) is 82.9 cm³/mol. The second-order valence-corrected chi connectivity index (χ2v) is 6.04. The molecule has 1 unspecified atom stereocenters. The van der Waals surface area contributed by atoms with E-state index in [0.717, 1.165) is 17.4 Å². The number of nitrogens with one attached hydrogen (secondary N) is 2. The third kappa shape index (κ3) is 3.17. The van der Waals surface area contributed by atoms with Crippen LogP contribution < -0.4 is 15.4 Å². The largest absolute Gasteiger partial charge is 0.595 e. The molecule has 1 aromatic rings. The number of benzene rings is 1. The minimum Gasteiger partial charge on any atom is -0.595 e. The molecule has 0 bridgehead atoms. The molecule has 1 aliphatic heterocycles. The molecule has 6 nitrogen and oxygen atoms in total. The summed E-state index contributed by atoms with van der Waals surface area (Å²) in [5.41, 5.74) is 1.41. The lowest BCUT2D eigenvalue weighted by Crippen LogP contribution is -2.99. The van der Waals surface area contributed by atoms with Crippen molar-refractivity contribution in [3.05, 3.63) is 33.9 Å². The Morgan fingerprint density at radius 2 is 2.20 bits per heavy atom. The topological polar surface area (TPSA) is 80.1 Å². The van der Waals surface area contributed by atoms with Gasteiger partial charge in [-0.15, -0.1) is 0 Å². The first-order valence-electron chi connectivity index (χ1n) is 5.68. The quantitative estimate of drug-likeness (QED) is 0.432. The van der Waals surface area contributed by atoms with Gasteiger partial charge in [0.15, 0.2) is 5.69 Å². The van der Waals surface area contributed by atoms with Crippen molar-refractivity contribution in [3.8, 4) is 0 Å². The van der Waals surface area contributed by atoms with Gasteiger partial charge in [0.1, 0.15) is 4.32 Å². The highest BCUT2D eigenvalue weighted by molar-refractivity contribution is 8.26. The highest BCUT2D eigenvalue weighted by Gasteiger charge is 2.23. The van der Waals surface area contributed by atoms with E-state index in [1.54, 1.807) is 24.3 Å². The Balaban J connectivity index is 2.44. The summed E-state index contributed by atoms with van der Waals surface area (Å²) < 4.78 is 0.378. The van der Waals surface area contributed by atoms with Crippen molar-refractivity contribution in [2.75, 3.05) is 19.0 Å². The summed E-state index contributed by atoms with van der Waals surface area (Å²) in [7, 11) is 3.66. The molecule has 1 heterocycles. The van der Waals surface area contributed by atoms with Crippen LogP contribution in [-0.2, 0) is 4.79 Å². The lowest BCUT2D eigenvalue weighted by atomic mass is 10.1. The Bertz CT molecular complexity index is 600. The van der Waals surface area contributed by atoms with Crippen LogP contribution in [-0.4, -0.2) is 29.5 Å². The Kier molecular flexibility index (Phi) is 4.41. The summed E-state index contributed by atoms with van der Waals surface area (Å²) in [5, 5.41) is 22.1. The van der Waals surface area contributed by atoms with Crippen LogP contribution in [0.4, 0.5) is 11.4 Å². The molecule has 3 N–H and O–H groups in total. The molecule has 0 aliphatic carbocycles.